The number of benzene rings is 1. The predicted molar refractivity (Wildman–Crippen MR) is 78.3 cm³/mol. The molecule has 1 aromatic carbocycles. The standard InChI is InChI=1S/C14H16F3N3O2S/c1-10-3-4-11(2)12(9-10)23(21,22)18-6-8-20-7-5-13(19-20)14(15,16)17/h3-5,7,9,18H,6,8H2,1-2H3. The van der Waals surface area contributed by atoms with E-state index < -0.39 is 21.9 Å². The summed E-state index contributed by atoms with van der Waals surface area (Å²) in [6.07, 6.45) is -3.35. The Morgan fingerprint density at radius 2 is 1.91 bits per heavy atom. The van der Waals surface area contributed by atoms with Crippen LogP contribution in [0.3, 0.4) is 0 Å². The van der Waals surface area contributed by atoms with Crippen LogP contribution in [0.25, 0.3) is 0 Å². The lowest BCUT2D eigenvalue weighted by atomic mass is 10.2. The van der Waals surface area contributed by atoms with E-state index in [4.69, 9.17) is 0 Å². The highest BCUT2D eigenvalue weighted by Crippen LogP contribution is 2.27. The van der Waals surface area contributed by atoms with Crippen molar-refractivity contribution < 1.29 is 21.6 Å². The molecule has 0 aliphatic carbocycles. The molecule has 0 fully saturated rings. The summed E-state index contributed by atoms with van der Waals surface area (Å²) >= 11 is 0. The van der Waals surface area contributed by atoms with Crippen molar-refractivity contribution >= 4 is 10.0 Å². The summed E-state index contributed by atoms with van der Waals surface area (Å²) in [5.41, 5.74) is 0.398. The number of nitrogens with zero attached hydrogens (tertiary/aromatic N) is 2. The summed E-state index contributed by atoms with van der Waals surface area (Å²) < 4.78 is 65.2. The number of sulfonamides is 1. The van der Waals surface area contributed by atoms with Crippen molar-refractivity contribution in [2.24, 2.45) is 0 Å². The van der Waals surface area contributed by atoms with Crippen LogP contribution in [0.1, 0.15) is 16.8 Å². The average Bonchev–Trinajstić information content (AvgIpc) is 2.90. The molecule has 5 nitrogen and oxygen atoms in total. The maximum absolute atomic E-state index is 12.4. The molecule has 0 aliphatic rings. The number of halogens is 3. The summed E-state index contributed by atoms with van der Waals surface area (Å²) in [4.78, 5) is 0.161. The second-order valence-electron chi connectivity index (χ2n) is 5.13. The average molecular weight is 347 g/mol. The quantitative estimate of drug-likeness (QED) is 0.904. The van der Waals surface area contributed by atoms with Crippen molar-refractivity contribution in [1.82, 2.24) is 14.5 Å². The molecule has 0 radical (unpaired) electrons. The summed E-state index contributed by atoms with van der Waals surface area (Å²) in [6.45, 7) is 3.40. The topological polar surface area (TPSA) is 64.0 Å². The number of alkyl halides is 3. The lowest BCUT2D eigenvalue weighted by Gasteiger charge is -2.10. The molecule has 1 heterocycles. The van der Waals surface area contributed by atoms with Crippen molar-refractivity contribution in [2.45, 2.75) is 31.5 Å². The summed E-state index contributed by atoms with van der Waals surface area (Å²) in [5.74, 6) is 0. The zero-order valence-electron chi connectivity index (χ0n) is 12.6. The molecule has 23 heavy (non-hydrogen) atoms. The molecule has 0 saturated carbocycles. The van der Waals surface area contributed by atoms with Crippen molar-refractivity contribution in [1.29, 1.82) is 0 Å². The minimum absolute atomic E-state index is 0.000172. The van der Waals surface area contributed by atoms with Gasteiger partial charge in [0.05, 0.1) is 11.4 Å². The van der Waals surface area contributed by atoms with E-state index in [9.17, 15) is 21.6 Å². The van der Waals surface area contributed by atoms with E-state index >= 15 is 0 Å². The minimum Gasteiger partial charge on any atom is -0.271 e. The Bertz CT molecular complexity index is 798. The number of nitrogens with one attached hydrogen (secondary N) is 1. The van der Waals surface area contributed by atoms with Gasteiger partial charge >= 0.3 is 6.18 Å². The Hall–Kier alpha value is -1.87. The normalized spacial score (nSPS) is 12.6. The van der Waals surface area contributed by atoms with E-state index in [2.05, 4.69) is 9.82 Å². The van der Waals surface area contributed by atoms with Gasteiger partial charge in [0.15, 0.2) is 5.69 Å². The first-order valence-corrected chi connectivity index (χ1v) is 8.25. The highest BCUT2D eigenvalue weighted by atomic mass is 32.2. The van der Waals surface area contributed by atoms with Crippen molar-refractivity contribution in [3.05, 3.63) is 47.3 Å². The maximum Gasteiger partial charge on any atom is 0.435 e. The van der Waals surface area contributed by atoms with Crippen LogP contribution < -0.4 is 4.72 Å². The van der Waals surface area contributed by atoms with Crippen molar-refractivity contribution in [3.63, 3.8) is 0 Å². The second-order valence-corrected chi connectivity index (χ2v) is 6.86. The van der Waals surface area contributed by atoms with Gasteiger partial charge in [-0.1, -0.05) is 12.1 Å². The number of hydrogen-bond donors (Lipinski definition) is 1. The Labute approximate surface area is 132 Å². The SMILES string of the molecule is Cc1ccc(C)c(S(=O)(=O)NCCn2ccc(C(F)(F)F)n2)c1. The first-order chi connectivity index (χ1) is 10.6. The minimum atomic E-state index is -4.51. The Balaban J connectivity index is 2.03. The van der Waals surface area contributed by atoms with Gasteiger partial charge in [-0.15, -0.1) is 0 Å². The molecule has 2 aromatic rings. The molecule has 1 N–H and O–H groups in total. The number of rotatable bonds is 5. The molecule has 0 spiro atoms. The monoisotopic (exact) mass is 347 g/mol. The van der Waals surface area contributed by atoms with Crippen LogP contribution in [-0.2, 0) is 22.7 Å². The fraction of sp³-hybridized carbons (Fsp3) is 0.357. The highest BCUT2D eigenvalue weighted by Gasteiger charge is 2.33. The fourth-order valence-corrected chi connectivity index (χ4v) is 3.36. The molecule has 0 unspecified atom stereocenters. The first kappa shape index (κ1) is 17.5. The molecule has 0 amide bonds. The van der Waals surface area contributed by atoms with Gasteiger partial charge < -0.3 is 0 Å². The molecule has 2 rings (SSSR count). The molecular formula is C14H16F3N3O2S. The molecule has 126 valence electrons. The smallest absolute Gasteiger partial charge is 0.271 e. The lowest BCUT2D eigenvalue weighted by Crippen LogP contribution is -2.28. The van der Waals surface area contributed by atoms with Crippen LogP contribution in [0.5, 0.6) is 0 Å². The van der Waals surface area contributed by atoms with Crippen LogP contribution in [0.15, 0.2) is 35.4 Å². The molecule has 1 aromatic heterocycles. The van der Waals surface area contributed by atoms with Gasteiger partial charge in [-0.25, -0.2) is 13.1 Å². The molecule has 0 aliphatic heterocycles. The van der Waals surface area contributed by atoms with E-state index in [0.717, 1.165) is 22.5 Å². The Morgan fingerprint density at radius 1 is 1.22 bits per heavy atom. The van der Waals surface area contributed by atoms with E-state index in [0.29, 0.717) is 5.56 Å². The molecule has 0 atom stereocenters. The molecule has 0 saturated heterocycles. The second kappa shape index (κ2) is 6.32. The van der Waals surface area contributed by atoms with E-state index in [1.54, 1.807) is 32.0 Å². The number of hydrogen-bond acceptors (Lipinski definition) is 3. The number of aromatic nitrogens is 2. The maximum atomic E-state index is 12.4. The van der Waals surface area contributed by atoms with Gasteiger partial charge in [-0.2, -0.15) is 18.3 Å². The zero-order valence-corrected chi connectivity index (χ0v) is 13.4. The van der Waals surface area contributed by atoms with E-state index in [1.165, 1.54) is 0 Å². The first-order valence-electron chi connectivity index (χ1n) is 6.77. The van der Waals surface area contributed by atoms with Crippen LogP contribution in [0.4, 0.5) is 13.2 Å². The third-order valence-corrected chi connectivity index (χ3v) is 4.80. The zero-order chi connectivity index (χ0) is 17.3. The Kier molecular flexibility index (Phi) is 4.81. The summed E-state index contributed by atoms with van der Waals surface area (Å²) in [7, 11) is -3.72. The van der Waals surface area contributed by atoms with Gasteiger partial charge in [-0.3, -0.25) is 4.68 Å². The summed E-state index contributed by atoms with van der Waals surface area (Å²) in [6, 6.07) is 5.90. The van der Waals surface area contributed by atoms with Gasteiger partial charge in [0.25, 0.3) is 0 Å². The predicted octanol–water partition coefficient (Wildman–Crippen LogP) is 2.50. The fourth-order valence-electron chi connectivity index (χ4n) is 2.01. The van der Waals surface area contributed by atoms with Gasteiger partial charge in [0.2, 0.25) is 10.0 Å². The van der Waals surface area contributed by atoms with Crippen molar-refractivity contribution in [3.8, 4) is 0 Å². The van der Waals surface area contributed by atoms with Crippen LogP contribution in [0, 0.1) is 13.8 Å². The Morgan fingerprint density at radius 3 is 2.52 bits per heavy atom. The van der Waals surface area contributed by atoms with Crippen LogP contribution in [0.2, 0.25) is 0 Å². The van der Waals surface area contributed by atoms with Gasteiger partial charge in [0.1, 0.15) is 0 Å². The lowest BCUT2D eigenvalue weighted by molar-refractivity contribution is -0.141. The molecule has 9 heteroatoms. The van der Waals surface area contributed by atoms with E-state index in [-0.39, 0.29) is 18.0 Å². The summed E-state index contributed by atoms with van der Waals surface area (Å²) in [5, 5.41) is 3.36. The van der Waals surface area contributed by atoms with Crippen LogP contribution in [-0.4, -0.2) is 24.7 Å². The third kappa shape index (κ3) is 4.32. The third-order valence-electron chi connectivity index (χ3n) is 3.20. The largest absolute Gasteiger partial charge is 0.435 e. The van der Waals surface area contributed by atoms with Crippen molar-refractivity contribution in [2.75, 3.05) is 6.54 Å². The highest BCUT2D eigenvalue weighted by molar-refractivity contribution is 7.89. The van der Waals surface area contributed by atoms with Gasteiger partial charge in [-0.05, 0) is 37.1 Å². The van der Waals surface area contributed by atoms with Crippen LogP contribution >= 0.6 is 0 Å². The number of aryl methyl sites for hydroxylation is 2. The molecule has 0 bridgehead atoms. The molecular weight excluding hydrogens is 331 g/mol. The van der Waals surface area contributed by atoms with E-state index in [1.807, 2.05) is 0 Å². The van der Waals surface area contributed by atoms with Gasteiger partial charge in [0, 0.05) is 12.7 Å².